The number of nitrogens with one attached hydrogen (secondary N) is 1. The molecule has 1 fully saturated rings. The SMILES string of the molecule is O=c1[nH]c(-c2cc(Cl)cc(Cl)c2)nc(C2CCCC2)c1Br. The third kappa shape index (κ3) is 3.17. The first-order valence-electron chi connectivity index (χ1n) is 6.81. The fraction of sp³-hybridized carbons (Fsp3) is 0.333. The Balaban J connectivity index is 2.12. The maximum absolute atomic E-state index is 12.2. The second-order valence-corrected chi connectivity index (χ2v) is 6.92. The van der Waals surface area contributed by atoms with Gasteiger partial charge in [-0.2, -0.15) is 0 Å². The molecule has 3 rings (SSSR count). The van der Waals surface area contributed by atoms with E-state index in [9.17, 15) is 4.79 Å². The number of aromatic amines is 1. The van der Waals surface area contributed by atoms with Crippen LogP contribution in [-0.4, -0.2) is 9.97 Å². The summed E-state index contributed by atoms with van der Waals surface area (Å²) in [4.78, 5) is 19.6. The molecule has 1 saturated carbocycles. The van der Waals surface area contributed by atoms with Crippen molar-refractivity contribution in [3.05, 3.63) is 48.8 Å². The Labute approximate surface area is 140 Å². The van der Waals surface area contributed by atoms with Crippen LogP contribution in [0.3, 0.4) is 0 Å². The number of benzene rings is 1. The second kappa shape index (κ2) is 6.11. The van der Waals surface area contributed by atoms with E-state index in [4.69, 9.17) is 23.2 Å². The van der Waals surface area contributed by atoms with Crippen LogP contribution in [0.1, 0.15) is 37.3 Å². The van der Waals surface area contributed by atoms with Gasteiger partial charge in [0.2, 0.25) is 0 Å². The second-order valence-electron chi connectivity index (χ2n) is 5.25. The Kier molecular flexibility index (Phi) is 4.38. The fourth-order valence-electron chi connectivity index (χ4n) is 2.77. The highest BCUT2D eigenvalue weighted by molar-refractivity contribution is 9.10. The molecule has 0 radical (unpaired) electrons. The highest BCUT2D eigenvalue weighted by atomic mass is 79.9. The molecule has 1 aromatic heterocycles. The first kappa shape index (κ1) is 15.1. The van der Waals surface area contributed by atoms with Crippen molar-refractivity contribution in [2.45, 2.75) is 31.6 Å². The van der Waals surface area contributed by atoms with Crippen molar-refractivity contribution < 1.29 is 0 Å². The van der Waals surface area contributed by atoms with E-state index in [0.717, 1.165) is 24.1 Å². The zero-order chi connectivity index (χ0) is 15.0. The Bertz CT molecular complexity index is 719. The summed E-state index contributed by atoms with van der Waals surface area (Å²) in [6.07, 6.45) is 4.52. The van der Waals surface area contributed by atoms with E-state index in [1.165, 1.54) is 12.8 Å². The molecule has 0 unspecified atom stereocenters. The molecule has 0 bridgehead atoms. The minimum Gasteiger partial charge on any atom is -0.306 e. The van der Waals surface area contributed by atoms with Crippen LogP contribution in [0.4, 0.5) is 0 Å². The summed E-state index contributed by atoms with van der Waals surface area (Å²) in [5, 5.41) is 1.04. The van der Waals surface area contributed by atoms with Crippen molar-refractivity contribution in [1.29, 1.82) is 0 Å². The first-order valence-corrected chi connectivity index (χ1v) is 8.35. The molecular weight excluding hydrogens is 375 g/mol. The molecule has 0 atom stereocenters. The molecule has 6 heteroatoms. The van der Waals surface area contributed by atoms with Gasteiger partial charge in [0.05, 0.1) is 5.69 Å². The molecule has 110 valence electrons. The monoisotopic (exact) mass is 386 g/mol. The quantitative estimate of drug-likeness (QED) is 0.772. The highest BCUT2D eigenvalue weighted by Gasteiger charge is 2.23. The molecule has 2 aromatic rings. The molecule has 3 nitrogen and oxygen atoms in total. The summed E-state index contributed by atoms with van der Waals surface area (Å²) >= 11 is 15.4. The van der Waals surface area contributed by atoms with Gasteiger partial charge in [-0.1, -0.05) is 36.0 Å². The van der Waals surface area contributed by atoms with Gasteiger partial charge in [-0.15, -0.1) is 0 Å². The fourth-order valence-corrected chi connectivity index (χ4v) is 3.81. The Morgan fingerprint density at radius 3 is 2.38 bits per heavy atom. The minimum atomic E-state index is -0.169. The van der Waals surface area contributed by atoms with Crippen LogP contribution in [0.5, 0.6) is 0 Å². The Morgan fingerprint density at radius 2 is 1.76 bits per heavy atom. The van der Waals surface area contributed by atoms with Crippen LogP contribution in [0.15, 0.2) is 27.5 Å². The molecule has 1 aromatic carbocycles. The maximum Gasteiger partial charge on any atom is 0.265 e. The summed E-state index contributed by atoms with van der Waals surface area (Å²) in [5.74, 6) is 0.851. The predicted octanol–water partition coefficient (Wildman–Crippen LogP) is 5.16. The van der Waals surface area contributed by atoms with Crippen molar-refractivity contribution in [2.24, 2.45) is 0 Å². The summed E-state index contributed by atoms with van der Waals surface area (Å²) < 4.78 is 0.534. The maximum atomic E-state index is 12.2. The molecule has 1 heterocycles. The van der Waals surface area contributed by atoms with Crippen molar-refractivity contribution in [2.75, 3.05) is 0 Å². The van der Waals surface area contributed by atoms with E-state index < -0.39 is 0 Å². The van der Waals surface area contributed by atoms with Gasteiger partial charge in [-0.05, 0) is 47.0 Å². The normalized spacial score (nSPS) is 15.6. The van der Waals surface area contributed by atoms with Gasteiger partial charge >= 0.3 is 0 Å². The molecule has 21 heavy (non-hydrogen) atoms. The molecule has 0 amide bonds. The van der Waals surface area contributed by atoms with Crippen LogP contribution >= 0.6 is 39.1 Å². The Morgan fingerprint density at radius 1 is 1.14 bits per heavy atom. The molecule has 0 spiro atoms. The highest BCUT2D eigenvalue weighted by Crippen LogP contribution is 2.36. The summed E-state index contributed by atoms with van der Waals surface area (Å²) in [6.45, 7) is 0. The smallest absolute Gasteiger partial charge is 0.265 e. The largest absolute Gasteiger partial charge is 0.306 e. The molecule has 0 saturated heterocycles. The zero-order valence-corrected chi connectivity index (χ0v) is 14.2. The topological polar surface area (TPSA) is 45.8 Å². The third-order valence-electron chi connectivity index (χ3n) is 3.77. The van der Waals surface area contributed by atoms with Crippen LogP contribution in [-0.2, 0) is 0 Å². The first-order chi connectivity index (χ1) is 10.0. The average molecular weight is 388 g/mol. The van der Waals surface area contributed by atoms with Gasteiger partial charge in [-0.25, -0.2) is 4.98 Å². The van der Waals surface area contributed by atoms with Gasteiger partial charge < -0.3 is 4.98 Å². The van der Waals surface area contributed by atoms with E-state index in [2.05, 4.69) is 25.9 Å². The molecule has 1 aliphatic carbocycles. The molecular formula is C15H13BrCl2N2O. The molecule has 1 aliphatic rings. The van der Waals surface area contributed by atoms with E-state index in [1.54, 1.807) is 18.2 Å². The average Bonchev–Trinajstić information content (AvgIpc) is 2.94. The van der Waals surface area contributed by atoms with E-state index in [0.29, 0.717) is 26.3 Å². The number of halogens is 3. The van der Waals surface area contributed by atoms with Gasteiger partial charge in [0.1, 0.15) is 10.3 Å². The Hall–Kier alpha value is -0.840. The third-order valence-corrected chi connectivity index (χ3v) is 4.97. The van der Waals surface area contributed by atoms with E-state index >= 15 is 0 Å². The lowest BCUT2D eigenvalue weighted by Crippen LogP contribution is -2.15. The molecule has 1 N–H and O–H groups in total. The number of hydrogen-bond donors (Lipinski definition) is 1. The zero-order valence-electron chi connectivity index (χ0n) is 11.1. The van der Waals surface area contributed by atoms with Gasteiger partial charge in [0, 0.05) is 21.5 Å². The summed E-state index contributed by atoms with van der Waals surface area (Å²) in [6, 6.07) is 5.15. The van der Waals surface area contributed by atoms with Gasteiger partial charge in [-0.3, -0.25) is 4.79 Å². The van der Waals surface area contributed by atoms with Crippen molar-refractivity contribution in [3.8, 4) is 11.4 Å². The van der Waals surface area contributed by atoms with Crippen molar-refractivity contribution in [1.82, 2.24) is 9.97 Å². The summed E-state index contributed by atoms with van der Waals surface area (Å²) in [5.41, 5.74) is 1.39. The van der Waals surface area contributed by atoms with E-state index in [-0.39, 0.29) is 5.56 Å². The lowest BCUT2D eigenvalue weighted by Gasteiger charge is -2.12. The van der Waals surface area contributed by atoms with E-state index in [1.807, 2.05) is 0 Å². The van der Waals surface area contributed by atoms with Gasteiger partial charge in [0.15, 0.2) is 0 Å². The number of nitrogens with zero attached hydrogens (tertiary/aromatic N) is 1. The molecule has 0 aliphatic heterocycles. The van der Waals surface area contributed by atoms with Crippen LogP contribution < -0.4 is 5.56 Å². The van der Waals surface area contributed by atoms with Crippen molar-refractivity contribution in [3.63, 3.8) is 0 Å². The standard InChI is InChI=1S/C15H13BrCl2N2O/c16-12-13(8-3-1-2-4-8)19-14(20-15(12)21)9-5-10(17)7-11(18)6-9/h5-8H,1-4H2,(H,19,20,21). The lowest BCUT2D eigenvalue weighted by atomic mass is 10.0. The number of rotatable bonds is 2. The van der Waals surface area contributed by atoms with Gasteiger partial charge in [0.25, 0.3) is 5.56 Å². The minimum absolute atomic E-state index is 0.169. The van der Waals surface area contributed by atoms with Crippen LogP contribution in [0.2, 0.25) is 10.0 Å². The summed E-state index contributed by atoms with van der Waals surface area (Å²) in [7, 11) is 0. The predicted molar refractivity (Wildman–Crippen MR) is 89.2 cm³/mol. The lowest BCUT2D eigenvalue weighted by molar-refractivity contribution is 0.688. The number of hydrogen-bond acceptors (Lipinski definition) is 2. The number of H-pyrrole nitrogens is 1. The van der Waals surface area contributed by atoms with Crippen LogP contribution in [0.25, 0.3) is 11.4 Å². The number of aromatic nitrogens is 2. The van der Waals surface area contributed by atoms with Crippen molar-refractivity contribution >= 4 is 39.1 Å². The van der Waals surface area contributed by atoms with Crippen LogP contribution in [0, 0.1) is 0 Å².